The first-order valence-corrected chi connectivity index (χ1v) is 6.72. The highest BCUT2D eigenvalue weighted by Gasteiger charge is 2.11. The van der Waals surface area contributed by atoms with Crippen molar-refractivity contribution >= 4 is 18.5 Å². The van der Waals surface area contributed by atoms with E-state index in [-0.39, 0.29) is 11.5 Å². The summed E-state index contributed by atoms with van der Waals surface area (Å²) < 4.78 is 13.4. The van der Waals surface area contributed by atoms with Gasteiger partial charge in [0.2, 0.25) is 0 Å². The molecule has 0 bridgehead atoms. The van der Waals surface area contributed by atoms with Crippen molar-refractivity contribution in [1.29, 1.82) is 0 Å². The van der Waals surface area contributed by atoms with Crippen LogP contribution in [0.4, 0.5) is 4.39 Å². The van der Waals surface area contributed by atoms with Crippen molar-refractivity contribution in [2.45, 2.75) is 38.0 Å². The van der Waals surface area contributed by atoms with Crippen molar-refractivity contribution in [3.63, 3.8) is 0 Å². The van der Waals surface area contributed by atoms with Crippen molar-refractivity contribution in [3.8, 4) is 0 Å². The molecular weight excluding hydrogens is 249 g/mol. The average molecular weight is 269 g/mol. The van der Waals surface area contributed by atoms with Crippen molar-refractivity contribution in [2.24, 2.45) is 5.92 Å². The van der Waals surface area contributed by atoms with Crippen LogP contribution in [0.25, 0.3) is 0 Å². The van der Waals surface area contributed by atoms with Crippen molar-refractivity contribution < 1.29 is 9.18 Å². The SMILES string of the molecule is CC(C)CCCCNC(=O)c1cc(S)ccc1F. The minimum atomic E-state index is -0.507. The minimum Gasteiger partial charge on any atom is -0.352 e. The van der Waals surface area contributed by atoms with Crippen molar-refractivity contribution in [2.75, 3.05) is 6.54 Å². The Labute approximate surface area is 113 Å². The number of carbonyl (C=O) groups excluding carboxylic acids is 1. The largest absolute Gasteiger partial charge is 0.352 e. The second kappa shape index (κ2) is 7.41. The number of nitrogens with one attached hydrogen (secondary N) is 1. The van der Waals surface area contributed by atoms with E-state index in [1.54, 1.807) is 0 Å². The van der Waals surface area contributed by atoms with Crippen molar-refractivity contribution in [1.82, 2.24) is 5.32 Å². The highest BCUT2D eigenvalue weighted by Crippen LogP contribution is 2.13. The molecule has 0 atom stereocenters. The molecule has 1 aromatic carbocycles. The summed E-state index contributed by atoms with van der Waals surface area (Å²) in [6.45, 7) is 4.93. The van der Waals surface area contributed by atoms with Gasteiger partial charge in [-0.1, -0.05) is 26.7 Å². The van der Waals surface area contributed by atoms with Gasteiger partial charge in [-0.2, -0.15) is 0 Å². The number of benzene rings is 1. The molecule has 0 aliphatic carbocycles. The highest BCUT2D eigenvalue weighted by atomic mass is 32.1. The number of thiol groups is 1. The number of hydrogen-bond donors (Lipinski definition) is 2. The summed E-state index contributed by atoms with van der Waals surface area (Å²) in [5.41, 5.74) is 0.0614. The molecule has 0 saturated carbocycles. The Balaban J connectivity index is 2.39. The zero-order valence-electron chi connectivity index (χ0n) is 10.9. The fourth-order valence-electron chi connectivity index (χ4n) is 1.66. The fraction of sp³-hybridized carbons (Fsp3) is 0.500. The van der Waals surface area contributed by atoms with Crippen LogP contribution in [0, 0.1) is 11.7 Å². The molecule has 0 unspecified atom stereocenters. The normalized spacial score (nSPS) is 10.7. The Kier molecular flexibility index (Phi) is 6.19. The Bertz CT molecular complexity index is 407. The second-order valence-electron chi connectivity index (χ2n) is 4.81. The number of carbonyl (C=O) groups is 1. The lowest BCUT2D eigenvalue weighted by Gasteiger charge is -2.07. The fourth-order valence-corrected chi connectivity index (χ4v) is 1.87. The number of unbranched alkanes of at least 4 members (excludes halogenated alkanes) is 1. The zero-order chi connectivity index (χ0) is 13.5. The van der Waals surface area contributed by atoms with Gasteiger partial charge in [-0.25, -0.2) is 4.39 Å². The summed E-state index contributed by atoms with van der Waals surface area (Å²) in [6.07, 6.45) is 3.15. The van der Waals surface area contributed by atoms with Crippen molar-refractivity contribution in [3.05, 3.63) is 29.6 Å². The van der Waals surface area contributed by atoms with Gasteiger partial charge in [-0.3, -0.25) is 4.79 Å². The number of halogens is 1. The molecule has 4 heteroatoms. The van der Waals surface area contributed by atoms with Crippen LogP contribution in [0.3, 0.4) is 0 Å². The molecule has 0 aromatic heterocycles. The van der Waals surface area contributed by atoms with Gasteiger partial charge < -0.3 is 5.32 Å². The van der Waals surface area contributed by atoms with E-state index in [9.17, 15) is 9.18 Å². The lowest BCUT2D eigenvalue weighted by molar-refractivity contribution is 0.0948. The maximum Gasteiger partial charge on any atom is 0.254 e. The maximum absolute atomic E-state index is 13.4. The van der Waals surface area contributed by atoms with E-state index >= 15 is 0 Å². The smallest absolute Gasteiger partial charge is 0.254 e. The lowest BCUT2D eigenvalue weighted by atomic mass is 10.1. The molecule has 2 nitrogen and oxygen atoms in total. The summed E-state index contributed by atoms with van der Waals surface area (Å²) in [7, 11) is 0. The van der Waals surface area contributed by atoms with Gasteiger partial charge in [0.1, 0.15) is 5.82 Å². The number of rotatable bonds is 6. The van der Waals surface area contributed by atoms with Crippen LogP contribution >= 0.6 is 12.6 Å². The predicted octanol–water partition coefficient (Wildman–Crippen LogP) is 3.67. The summed E-state index contributed by atoms with van der Waals surface area (Å²) in [5.74, 6) is -0.195. The molecule has 0 radical (unpaired) electrons. The standard InChI is InChI=1S/C14H20FNOS/c1-10(2)5-3-4-8-16-14(17)12-9-11(18)6-7-13(12)15/h6-7,9-10,18H,3-5,8H2,1-2H3,(H,16,17). The monoisotopic (exact) mass is 269 g/mol. The molecular formula is C14H20FNOS. The van der Waals surface area contributed by atoms with Gasteiger partial charge >= 0.3 is 0 Å². The summed E-state index contributed by atoms with van der Waals surface area (Å²) in [6, 6.07) is 4.23. The first-order valence-electron chi connectivity index (χ1n) is 6.27. The van der Waals surface area contributed by atoms with Crippen LogP contribution in [0.2, 0.25) is 0 Å². The van der Waals surface area contributed by atoms with Gasteiger partial charge in [0.05, 0.1) is 5.56 Å². The molecule has 18 heavy (non-hydrogen) atoms. The predicted molar refractivity (Wildman–Crippen MR) is 74.7 cm³/mol. The van der Waals surface area contributed by atoms with Crippen LogP contribution < -0.4 is 5.32 Å². The first kappa shape index (κ1) is 15.0. The molecule has 1 N–H and O–H groups in total. The molecule has 0 aliphatic rings. The quantitative estimate of drug-likeness (QED) is 0.599. The van der Waals surface area contributed by atoms with E-state index in [0.717, 1.165) is 19.3 Å². The molecule has 0 spiro atoms. The van der Waals surface area contributed by atoms with Gasteiger partial charge in [0, 0.05) is 11.4 Å². The Morgan fingerprint density at radius 3 is 2.78 bits per heavy atom. The van der Waals surface area contributed by atoms with Gasteiger partial charge in [0.25, 0.3) is 5.91 Å². The molecule has 100 valence electrons. The van der Waals surface area contributed by atoms with Gasteiger partial charge in [-0.15, -0.1) is 12.6 Å². The molecule has 1 rings (SSSR count). The minimum absolute atomic E-state index is 0.0614. The molecule has 0 saturated heterocycles. The molecule has 1 amide bonds. The molecule has 0 fully saturated rings. The zero-order valence-corrected chi connectivity index (χ0v) is 11.8. The Morgan fingerprint density at radius 2 is 2.11 bits per heavy atom. The van der Waals surface area contributed by atoms with E-state index in [4.69, 9.17) is 0 Å². The highest BCUT2D eigenvalue weighted by molar-refractivity contribution is 7.80. The van der Waals surface area contributed by atoms with E-state index < -0.39 is 5.82 Å². The lowest BCUT2D eigenvalue weighted by Crippen LogP contribution is -2.25. The van der Waals surface area contributed by atoms with E-state index in [2.05, 4.69) is 31.8 Å². The summed E-state index contributed by atoms with van der Waals surface area (Å²) in [5, 5.41) is 2.73. The first-order chi connectivity index (χ1) is 8.50. The third-order valence-corrected chi connectivity index (χ3v) is 2.97. The topological polar surface area (TPSA) is 29.1 Å². The molecule has 0 aliphatic heterocycles. The van der Waals surface area contributed by atoms with Crippen LogP contribution in [0.15, 0.2) is 23.1 Å². The third-order valence-electron chi connectivity index (χ3n) is 2.69. The Hall–Kier alpha value is -1.03. The van der Waals surface area contributed by atoms with Crippen LogP contribution in [0.5, 0.6) is 0 Å². The Morgan fingerprint density at radius 1 is 1.39 bits per heavy atom. The van der Waals surface area contributed by atoms with Gasteiger partial charge in [-0.05, 0) is 30.5 Å². The number of amides is 1. The van der Waals surface area contributed by atoms with Crippen LogP contribution in [-0.4, -0.2) is 12.5 Å². The number of hydrogen-bond acceptors (Lipinski definition) is 2. The van der Waals surface area contributed by atoms with Gasteiger partial charge in [0.15, 0.2) is 0 Å². The maximum atomic E-state index is 13.4. The third kappa shape index (κ3) is 5.08. The van der Waals surface area contributed by atoms with E-state index in [0.29, 0.717) is 17.4 Å². The summed E-state index contributed by atoms with van der Waals surface area (Å²) in [4.78, 5) is 12.3. The van der Waals surface area contributed by atoms with E-state index in [1.165, 1.54) is 18.2 Å². The van der Waals surface area contributed by atoms with Crippen LogP contribution in [-0.2, 0) is 0 Å². The molecule has 1 aromatic rings. The second-order valence-corrected chi connectivity index (χ2v) is 5.33. The van der Waals surface area contributed by atoms with E-state index in [1.807, 2.05) is 0 Å². The molecule has 0 heterocycles. The van der Waals surface area contributed by atoms with Crippen LogP contribution in [0.1, 0.15) is 43.5 Å². The summed E-state index contributed by atoms with van der Waals surface area (Å²) >= 11 is 4.10. The average Bonchev–Trinajstić information content (AvgIpc) is 2.31.